The third kappa shape index (κ3) is 4.68. The highest BCUT2D eigenvalue weighted by molar-refractivity contribution is 5.93. The van der Waals surface area contributed by atoms with Crippen molar-refractivity contribution >= 4 is 33.4 Å². The van der Waals surface area contributed by atoms with Gasteiger partial charge in [-0.2, -0.15) is 0 Å². The number of benzene rings is 3. The number of fused-ring (bicyclic) bond motifs is 2. The maximum Gasteiger partial charge on any atom is 0.224 e. The van der Waals surface area contributed by atoms with Crippen molar-refractivity contribution in [3.8, 4) is 22.9 Å². The Morgan fingerprint density at radius 1 is 0.943 bits per heavy atom. The number of aryl methyl sites for hydroxylation is 1. The standard InChI is InChI=1S/C29H27N3O3/c1-34-20-15-17-27(35-2)26(18-20)31-28(33)13-7-10-22-21-9-4-6-12-24(21)32-29(22)25-16-14-19-8-3-5-11-23(19)30-25/h3-6,8-9,11-12,14-18,32H,7,10,13H2,1-2H3,(H,31,33). The first-order valence-electron chi connectivity index (χ1n) is 11.6. The van der Waals surface area contributed by atoms with Crippen molar-refractivity contribution in [2.24, 2.45) is 0 Å². The average Bonchev–Trinajstić information content (AvgIpc) is 3.27. The number of hydrogen-bond acceptors (Lipinski definition) is 4. The van der Waals surface area contributed by atoms with Gasteiger partial charge in [-0.05, 0) is 48.7 Å². The molecular formula is C29H27N3O3. The van der Waals surface area contributed by atoms with E-state index in [1.54, 1.807) is 32.4 Å². The molecule has 2 heterocycles. The van der Waals surface area contributed by atoms with Gasteiger partial charge in [0, 0.05) is 28.8 Å². The number of anilines is 1. The summed E-state index contributed by atoms with van der Waals surface area (Å²) in [5, 5.41) is 5.23. The van der Waals surface area contributed by atoms with Crippen LogP contribution < -0.4 is 14.8 Å². The van der Waals surface area contributed by atoms with Crippen molar-refractivity contribution in [2.45, 2.75) is 19.3 Å². The van der Waals surface area contributed by atoms with Gasteiger partial charge < -0.3 is 19.8 Å². The molecular weight excluding hydrogens is 438 g/mol. The number of H-pyrrole nitrogens is 1. The summed E-state index contributed by atoms with van der Waals surface area (Å²) in [6, 6.07) is 25.9. The second-order valence-corrected chi connectivity index (χ2v) is 8.38. The highest BCUT2D eigenvalue weighted by atomic mass is 16.5. The van der Waals surface area contributed by atoms with Crippen LogP contribution in [-0.4, -0.2) is 30.1 Å². The van der Waals surface area contributed by atoms with Crippen LogP contribution in [0.2, 0.25) is 0 Å². The number of rotatable bonds is 8. The molecule has 0 aliphatic carbocycles. The van der Waals surface area contributed by atoms with Gasteiger partial charge in [-0.25, -0.2) is 4.98 Å². The molecule has 1 amide bonds. The number of pyridine rings is 1. The number of aromatic amines is 1. The number of ether oxygens (including phenoxy) is 2. The quantitative estimate of drug-likeness (QED) is 0.279. The van der Waals surface area contributed by atoms with Crippen molar-refractivity contribution < 1.29 is 14.3 Å². The lowest BCUT2D eigenvalue weighted by molar-refractivity contribution is -0.116. The monoisotopic (exact) mass is 465 g/mol. The van der Waals surface area contributed by atoms with E-state index in [9.17, 15) is 4.79 Å². The fourth-order valence-electron chi connectivity index (χ4n) is 4.43. The predicted molar refractivity (Wildman–Crippen MR) is 140 cm³/mol. The number of aromatic nitrogens is 2. The fourth-order valence-corrected chi connectivity index (χ4v) is 4.43. The molecule has 0 atom stereocenters. The van der Waals surface area contributed by atoms with E-state index in [4.69, 9.17) is 14.5 Å². The Hall–Kier alpha value is -4.32. The molecule has 0 fully saturated rings. The van der Waals surface area contributed by atoms with Gasteiger partial charge in [0.05, 0.1) is 36.8 Å². The van der Waals surface area contributed by atoms with E-state index in [0.717, 1.165) is 39.6 Å². The van der Waals surface area contributed by atoms with Crippen LogP contribution in [0.4, 0.5) is 5.69 Å². The van der Waals surface area contributed by atoms with Crippen LogP contribution in [0, 0.1) is 0 Å². The lowest BCUT2D eigenvalue weighted by Crippen LogP contribution is -2.12. The molecule has 6 heteroatoms. The molecule has 2 N–H and O–H groups in total. The second kappa shape index (κ2) is 9.89. The van der Waals surface area contributed by atoms with E-state index < -0.39 is 0 Å². The topological polar surface area (TPSA) is 76.2 Å². The molecule has 0 saturated heterocycles. The minimum absolute atomic E-state index is 0.0678. The maximum absolute atomic E-state index is 12.7. The molecule has 5 aromatic rings. The van der Waals surface area contributed by atoms with Crippen LogP contribution in [0.25, 0.3) is 33.2 Å². The first-order chi connectivity index (χ1) is 17.2. The normalized spacial score (nSPS) is 11.0. The summed E-state index contributed by atoms with van der Waals surface area (Å²) in [5.74, 6) is 1.19. The van der Waals surface area contributed by atoms with Crippen molar-refractivity contribution in [3.63, 3.8) is 0 Å². The van der Waals surface area contributed by atoms with Gasteiger partial charge in [-0.3, -0.25) is 4.79 Å². The Morgan fingerprint density at radius 3 is 2.63 bits per heavy atom. The maximum atomic E-state index is 12.7. The molecule has 0 saturated carbocycles. The van der Waals surface area contributed by atoms with E-state index in [-0.39, 0.29) is 5.91 Å². The summed E-state index contributed by atoms with van der Waals surface area (Å²) in [6.07, 6.45) is 1.82. The predicted octanol–water partition coefficient (Wildman–Crippen LogP) is 6.36. The van der Waals surface area contributed by atoms with Crippen molar-refractivity contribution in [2.75, 3.05) is 19.5 Å². The first kappa shape index (κ1) is 22.5. The van der Waals surface area contributed by atoms with E-state index in [1.165, 1.54) is 5.56 Å². The van der Waals surface area contributed by atoms with Crippen molar-refractivity contribution in [1.82, 2.24) is 9.97 Å². The largest absolute Gasteiger partial charge is 0.497 e. The SMILES string of the molecule is COc1ccc(OC)c(NC(=O)CCCc2c(-c3ccc4ccccc4n3)[nH]c3ccccc23)c1. The summed E-state index contributed by atoms with van der Waals surface area (Å²) in [7, 11) is 3.17. The third-order valence-electron chi connectivity index (χ3n) is 6.18. The minimum atomic E-state index is -0.0678. The number of para-hydroxylation sites is 2. The van der Waals surface area contributed by atoms with Crippen LogP contribution in [0.3, 0.4) is 0 Å². The summed E-state index contributed by atoms with van der Waals surface area (Å²) < 4.78 is 10.6. The van der Waals surface area contributed by atoms with Crippen molar-refractivity contribution in [1.29, 1.82) is 0 Å². The Balaban J connectivity index is 1.36. The number of carbonyl (C=O) groups excluding carboxylic acids is 1. The Kier molecular flexibility index (Phi) is 6.35. The van der Waals surface area contributed by atoms with Crippen molar-refractivity contribution in [3.05, 3.63) is 84.4 Å². The van der Waals surface area contributed by atoms with Crippen LogP contribution >= 0.6 is 0 Å². The minimum Gasteiger partial charge on any atom is -0.497 e. The molecule has 0 unspecified atom stereocenters. The Labute approximate surface area is 203 Å². The zero-order valence-corrected chi connectivity index (χ0v) is 19.8. The summed E-state index contributed by atoms with van der Waals surface area (Å²) in [4.78, 5) is 21.2. The molecule has 2 aromatic heterocycles. The zero-order chi connectivity index (χ0) is 24.2. The molecule has 35 heavy (non-hydrogen) atoms. The van der Waals surface area contributed by atoms with Gasteiger partial charge in [-0.15, -0.1) is 0 Å². The first-order valence-corrected chi connectivity index (χ1v) is 11.6. The number of nitrogens with zero attached hydrogens (tertiary/aromatic N) is 1. The molecule has 0 spiro atoms. The van der Waals surface area contributed by atoms with Gasteiger partial charge in [0.1, 0.15) is 11.5 Å². The molecule has 0 aliphatic heterocycles. The molecule has 0 bridgehead atoms. The molecule has 0 aliphatic rings. The number of amides is 1. The number of carbonyl (C=O) groups is 1. The van der Waals surface area contributed by atoms with E-state index in [0.29, 0.717) is 30.0 Å². The molecule has 176 valence electrons. The lowest BCUT2D eigenvalue weighted by Gasteiger charge is -2.12. The van der Waals surface area contributed by atoms with Gasteiger partial charge in [0.2, 0.25) is 5.91 Å². The van der Waals surface area contributed by atoms with E-state index in [1.807, 2.05) is 30.3 Å². The van der Waals surface area contributed by atoms with E-state index >= 15 is 0 Å². The third-order valence-corrected chi connectivity index (χ3v) is 6.18. The van der Waals surface area contributed by atoms with Crippen LogP contribution in [0.1, 0.15) is 18.4 Å². The number of hydrogen-bond donors (Lipinski definition) is 2. The molecule has 5 rings (SSSR count). The van der Waals surface area contributed by atoms with Crippen LogP contribution in [0.5, 0.6) is 11.5 Å². The van der Waals surface area contributed by atoms with Gasteiger partial charge >= 0.3 is 0 Å². The smallest absolute Gasteiger partial charge is 0.224 e. The molecule has 3 aromatic carbocycles. The Morgan fingerprint density at radius 2 is 1.77 bits per heavy atom. The van der Waals surface area contributed by atoms with Crippen LogP contribution in [-0.2, 0) is 11.2 Å². The molecule has 0 radical (unpaired) electrons. The summed E-state index contributed by atoms with van der Waals surface area (Å²) >= 11 is 0. The van der Waals surface area contributed by atoms with Gasteiger partial charge in [0.15, 0.2) is 0 Å². The zero-order valence-electron chi connectivity index (χ0n) is 19.8. The highest BCUT2D eigenvalue weighted by Crippen LogP contribution is 2.32. The number of methoxy groups -OCH3 is 2. The molecule has 6 nitrogen and oxygen atoms in total. The second-order valence-electron chi connectivity index (χ2n) is 8.38. The van der Waals surface area contributed by atoms with Gasteiger partial charge in [-0.1, -0.05) is 42.5 Å². The van der Waals surface area contributed by atoms with Crippen LogP contribution in [0.15, 0.2) is 78.9 Å². The fraction of sp³-hybridized carbons (Fsp3) is 0.172. The number of nitrogens with one attached hydrogen (secondary N) is 2. The lowest BCUT2D eigenvalue weighted by atomic mass is 10.0. The van der Waals surface area contributed by atoms with E-state index in [2.05, 4.69) is 40.6 Å². The average molecular weight is 466 g/mol. The summed E-state index contributed by atoms with van der Waals surface area (Å²) in [5.41, 5.74) is 5.71. The highest BCUT2D eigenvalue weighted by Gasteiger charge is 2.16. The Bertz CT molecular complexity index is 1510. The van der Waals surface area contributed by atoms with Gasteiger partial charge in [0.25, 0.3) is 0 Å². The summed E-state index contributed by atoms with van der Waals surface area (Å²) in [6.45, 7) is 0.